The molecule has 0 amide bonds. The molecule has 0 radical (unpaired) electrons. The van der Waals surface area contributed by atoms with Gasteiger partial charge in [-0.15, -0.1) is 0 Å². The van der Waals surface area contributed by atoms with Crippen molar-refractivity contribution in [2.75, 3.05) is 0 Å². The summed E-state index contributed by atoms with van der Waals surface area (Å²) < 4.78 is 0. The molecule has 0 N–H and O–H groups in total. The number of fused-ring (bicyclic) bond motifs is 4. The van der Waals surface area contributed by atoms with E-state index in [1.54, 1.807) is 0 Å². The molecule has 4 unspecified atom stereocenters. The van der Waals surface area contributed by atoms with Gasteiger partial charge in [0.05, 0.1) is 11.1 Å². The van der Waals surface area contributed by atoms with Crippen molar-refractivity contribution < 1.29 is 9.59 Å². The van der Waals surface area contributed by atoms with E-state index in [1.165, 1.54) is 19.5 Å². The van der Waals surface area contributed by atoms with Gasteiger partial charge >= 0.3 is 0 Å². The molecule has 36 heavy (non-hydrogen) atoms. The van der Waals surface area contributed by atoms with Crippen molar-refractivity contribution in [2.24, 2.45) is 11.8 Å². The number of carbonyl (C=O) groups is 2. The van der Waals surface area contributed by atoms with Gasteiger partial charge in [0.25, 0.3) is 0 Å². The van der Waals surface area contributed by atoms with E-state index in [1.807, 2.05) is 60.7 Å². The quantitative estimate of drug-likeness (QED) is 0.264. The molecule has 3 aromatic carbocycles. The van der Waals surface area contributed by atoms with E-state index in [-0.39, 0.29) is 23.4 Å². The van der Waals surface area contributed by atoms with Crippen molar-refractivity contribution in [3.8, 4) is 0 Å². The number of hydrogen-bond donors (Lipinski definition) is 0. The van der Waals surface area contributed by atoms with E-state index < -0.39 is 21.0 Å². The fraction of sp³-hybridized carbons (Fsp3) is 0.0625. The Balaban J connectivity index is 1.40. The second-order valence-corrected chi connectivity index (χ2v) is 13.6. The molecule has 3 aromatic rings. The van der Waals surface area contributed by atoms with Gasteiger partial charge in [-0.05, 0) is 60.7 Å². The van der Waals surface area contributed by atoms with Crippen molar-refractivity contribution in [1.82, 2.24) is 0 Å². The molecule has 174 valence electrons. The Morgan fingerprint density at radius 2 is 0.917 bits per heavy atom. The monoisotopic (exact) mass is 504 g/mol. The van der Waals surface area contributed by atoms with Crippen molar-refractivity contribution in [3.63, 3.8) is 0 Å². The zero-order chi connectivity index (χ0) is 24.2. The Kier molecular flexibility index (Phi) is 5.12. The van der Waals surface area contributed by atoms with Gasteiger partial charge in [0, 0.05) is 0 Å². The van der Waals surface area contributed by atoms with Gasteiger partial charge in [-0.2, -0.15) is 0 Å². The fourth-order valence-corrected chi connectivity index (χ4v) is 11.0. The minimum absolute atomic E-state index is 0.174. The number of benzene rings is 3. The molecule has 0 saturated carbocycles. The number of ketones is 2. The Morgan fingerprint density at radius 3 is 1.36 bits per heavy atom. The first-order valence-corrected chi connectivity index (χ1v) is 14.8. The fourth-order valence-electron chi connectivity index (χ4n) is 5.63. The van der Waals surface area contributed by atoms with E-state index in [0.29, 0.717) is 0 Å². The molecule has 2 aliphatic carbocycles. The van der Waals surface area contributed by atoms with Crippen LogP contribution in [0.25, 0.3) is 0 Å². The van der Waals surface area contributed by atoms with Crippen LogP contribution in [0.1, 0.15) is 20.7 Å². The lowest BCUT2D eigenvalue weighted by atomic mass is 9.91. The molecule has 0 saturated heterocycles. The van der Waals surface area contributed by atoms with Gasteiger partial charge in [0.15, 0.2) is 11.6 Å². The molecule has 7 rings (SSSR count). The van der Waals surface area contributed by atoms with Gasteiger partial charge in [0.2, 0.25) is 0 Å². The van der Waals surface area contributed by atoms with E-state index in [2.05, 4.69) is 60.7 Å². The Morgan fingerprint density at radius 1 is 0.500 bits per heavy atom. The normalized spacial score (nSPS) is 25.3. The highest BCUT2D eigenvalue weighted by atomic mass is 32.2. The zero-order valence-electron chi connectivity index (χ0n) is 19.4. The van der Waals surface area contributed by atoms with E-state index in [9.17, 15) is 9.59 Å². The Labute approximate surface area is 215 Å². The minimum Gasteiger partial charge on any atom is -0.293 e. The third-order valence-electron chi connectivity index (χ3n) is 7.27. The zero-order valence-corrected chi connectivity index (χ0v) is 21.2. The van der Waals surface area contributed by atoms with E-state index in [4.69, 9.17) is 0 Å². The molecule has 4 atom stereocenters. The summed E-state index contributed by atoms with van der Waals surface area (Å²) in [5, 5.41) is 0. The molecule has 0 spiro atoms. The standard InChI is InChI=1S/C32H22O2S2/c33-31-23-9-1-5-13-27(23)35(28-14-6-2-10-24(28)31)21-17-19-22(20-18-21)36-29-15-7-3-11-25(29)32(34)26-12-4-8-16-30(26)36/h1-20,23,25H/p+2. The van der Waals surface area contributed by atoms with Crippen LogP contribution in [0.5, 0.6) is 0 Å². The van der Waals surface area contributed by atoms with Gasteiger partial charge in [-0.1, -0.05) is 81.7 Å². The van der Waals surface area contributed by atoms with Crippen LogP contribution < -0.4 is 0 Å². The van der Waals surface area contributed by atoms with Gasteiger partial charge in [-0.3, -0.25) is 9.59 Å². The van der Waals surface area contributed by atoms with Crippen LogP contribution in [0.15, 0.2) is 141 Å². The lowest BCUT2D eigenvalue weighted by Crippen LogP contribution is -2.32. The first-order valence-electron chi connectivity index (χ1n) is 12.1. The minimum atomic E-state index is -0.793. The first-order chi connectivity index (χ1) is 17.7. The molecule has 2 nitrogen and oxygen atoms in total. The van der Waals surface area contributed by atoms with Gasteiger partial charge in [-0.25, -0.2) is 0 Å². The maximum atomic E-state index is 13.2. The van der Waals surface area contributed by atoms with Crippen LogP contribution in [0.3, 0.4) is 0 Å². The average molecular weight is 505 g/mol. The van der Waals surface area contributed by atoms with Crippen molar-refractivity contribution in [1.29, 1.82) is 0 Å². The maximum Gasteiger partial charge on any atom is 0.183 e. The third-order valence-corrected chi connectivity index (χ3v) is 12.5. The largest absolute Gasteiger partial charge is 0.293 e. The first kappa shape index (κ1) is 21.7. The predicted octanol–water partition coefficient (Wildman–Crippen LogP) is 5.45. The predicted molar refractivity (Wildman–Crippen MR) is 152 cm³/mol. The number of allylic oxidation sites excluding steroid dienone is 8. The van der Waals surface area contributed by atoms with Crippen LogP contribution in [0.2, 0.25) is 0 Å². The smallest absolute Gasteiger partial charge is 0.183 e. The number of thiol groups is 2. The molecular weight excluding hydrogens is 480 g/mol. The molecule has 0 aromatic heterocycles. The summed E-state index contributed by atoms with van der Waals surface area (Å²) in [6.07, 6.45) is 16.4. The Hall–Kier alpha value is -3.60. The molecule has 2 heterocycles. The second kappa shape index (κ2) is 8.51. The van der Waals surface area contributed by atoms with Crippen LogP contribution in [-0.2, 0) is 21.0 Å². The van der Waals surface area contributed by atoms with Crippen LogP contribution in [0.4, 0.5) is 0 Å². The maximum absolute atomic E-state index is 13.2. The summed E-state index contributed by atoms with van der Waals surface area (Å²) in [7, 11) is -1.59. The lowest BCUT2D eigenvalue weighted by Gasteiger charge is -2.24. The molecular formula is C32H24O2S2+2. The number of hydrogen-bond acceptors (Lipinski definition) is 2. The van der Waals surface area contributed by atoms with Crippen LogP contribution in [-0.4, -0.2) is 21.3 Å². The summed E-state index contributed by atoms with van der Waals surface area (Å²) in [5.41, 5.74) is 1.70. The van der Waals surface area contributed by atoms with Crippen LogP contribution in [0, 0.1) is 11.8 Å². The van der Waals surface area contributed by atoms with Crippen LogP contribution >= 0.6 is 0 Å². The average Bonchev–Trinajstić information content (AvgIpc) is 2.94. The molecule has 0 fully saturated rings. The summed E-state index contributed by atoms with van der Waals surface area (Å²) >= 11 is 0. The van der Waals surface area contributed by atoms with E-state index in [0.717, 1.165) is 20.9 Å². The second-order valence-electron chi connectivity index (χ2n) is 9.24. The highest BCUT2D eigenvalue weighted by Gasteiger charge is 2.39. The summed E-state index contributed by atoms with van der Waals surface area (Å²) in [6.45, 7) is 0. The number of rotatable bonds is 2. The highest BCUT2D eigenvalue weighted by molar-refractivity contribution is 7.97. The molecule has 2 aliphatic heterocycles. The van der Waals surface area contributed by atoms with Crippen molar-refractivity contribution >= 4 is 42.3 Å². The van der Waals surface area contributed by atoms with Gasteiger partial charge < -0.3 is 0 Å². The van der Waals surface area contributed by atoms with E-state index >= 15 is 0 Å². The Bertz CT molecular complexity index is 1540. The number of Topliss-reactive ketones (excluding diaryl/α,β-unsaturated/α-hetero) is 2. The highest BCUT2D eigenvalue weighted by Crippen LogP contribution is 2.36. The van der Waals surface area contributed by atoms with Crippen molar-refractivity contribution in [3.05, 3.63) is 133 Å². The summed E-state index contributed by atoms with van der Waals surface area (Å²) in [6, 6.07) is 25.2. The van der Waals surface area contributed by atoms with Crippen molar-refractivity contribution in [2.45, 2.75) is 19.6 Å². The number of carbonyl (C=O) groups excluding carboxylic acids is 2. The molecule has 4 aliphatic rings. The molecule has 4 heteroatoms. The molecule has 0 bridgehead atoms. The SMILES string of the molecule is O=C1c2ccccc2[SH+](c2ccc([SH+]3=C4C=CC=CC4C(=O)c4ccccc43)cc2)=C2C=CC=CC12. The lowest BCUT2D eigenvalue weighted by molar-refractivity contribution is 0.0961. The summed E-state index contributed by atoms with van der Waals surface area (Å²) in [4.78, 5) is 33.7. The summed E-state index contributed by atoms with van der Waals surface area (Å²) in [5.74, 6) is 0.0460. The third kappa shape index (κ3) is 3.22. The van der Waals surface area contributed by atoms with Gasteiger partial charge in [0.1, 0.15) is 41.1 Å². The topological polar surface area (TPSA) is 34.1 Å².